The third-order valence-electron chi connectivity index (χ3n) is 6.57. The molecule has 1 N–H and O–H groups in total. The largest absolute Gasteiger partial charge is 0.368 e. The van der Waals surface area contributed by atoms with Gasteiger partial charge in [-0.1, -0.05) is 62.7 Å². The predicted octanol–water partition coefficient (Wildman–Crippen LogP) is 5.44. The van der Waals surface area contributed by atoms with E-state index < -0.39 is 0 Å². The van der Waals surface area contributed by atoms with E-state index in [1.165, 1.54) is 11.1 Å². The number of amides is 2. The highest BCUT2D eigenvalue weighted by Gasteiger charge is 2.21. The van der Waals surface area contributed by atoms with Gasteiger partial charge in [-0.05, 0) is 59.9 Å². The van der Waals surface area contributed by atoms with Gasteiger partial charge in [-0.15, -0.1) is 0 Å². The molecule has 0 aromatic heterocycles. The molecule has 1 fully saturated rings. The summed E-state index contributed by atoms with van der Waals surface area (Å²) in [6.45, 7) is 11.6. The Kier molecular flexibility index (Phi) is 7.25. The van der Waals surface area contributed by atoms with Crippen molar-refractivity contribution in [3.8, 4) is 0 Å². The summed E-state index contributed by atoms with van der Waals surface area (Å²) < 4.78 is 0. The minimum atomic E-state index is -0.112. The third-order valence-corrected chi connectivity index (χ3v) is 6.57. The van der Waals surface area contributed by atoms with Crippen LogP contribution in [0.15, 0.2) is 72.8 Å². The van der Waals surface area contributed by atoms with E-state index in [0.717, 1.165) is 30.0 Å². The Morgan fingerprint density at radius 3 is 2.11 bits per heavy atom. The van der Waals surface area contributed by atoms with Crippen LogP contribution in [0.1, 0.15) is 47.8 Å². The molecule has 35 heavy (non-hydrogen) atoms. The Hall–Kier alpha value is -3.60. The summed E-state index contributed by atoms with van der Waals surface area (Å²) in [5, 5.41) is 2.99. The monoisotopic (exact) mass is 469 g/mol. The van der Waals surface area contributed by atoms with Gasteiger partial charge in [-0.25, -0.2) is 0 Å². The highest BCUT2D eigenvalue weighted by molar-refractivity contribution is 6.04. The van der Waals surface area contributed by atoms with Crippen LogP contribution in [0.3, 0.4) is 0 Å². The Balaban J connectivity index is 1.29. The van der Waals surface area contributed by atoms with Crippen molar-refractivity contribution in [3.63, 3.8) is 0 Å². The molecule has 182 valence electrons. The molecule has 5 nitrogen and oxygen atoms in total. The fraction of sp³-hybridized carbons (Fsp3) is 0.333. The molecule has 0 spiro atoms. The average molecular weight is 470 g/mol. The van der Waals surface area contributed by atoms with Gasteiger partial charge in [0.2, 0.25) is 5.91 Å². The quantitative estimate of drug-likeness (QED) is 0.542. The van der Waals surface area contributed by atoms with Gasteiger partial charge in [-0.2, -0.15) is 0 Å². The number of benzene rings is 3. The molecule has 2 amide bonds. The van der Waals surface area contributed by atoms with Crippen molar-refractivity contribution < 1.29 is 9.59 Å². The van der Waals surface area contributed by atoms with Gasteiger partial charge < -0.3 is 15.1 Å². The van der Waals surface area contributed by atoms with Crippen LogP contribution < -0.4 is 10.2 Å². The Morgan fingerprint density at radius 2 is 1.51 bits per heavy atom. The second-order valence-electron chi connectivity index (χ2n) is 10.4. The molecule has 0 bridgehead atoms. The van der Waals surface area contributed by atoms with Crippen molar-refractivity contribution in [2.24, 2.45) is 0 Å². The molecule has 0 atom stereocenters. The van der Waals surface area contributed by atoms with Gasteiger partial charge in [0, 0.05) is 43.1 Å². The molecule has 0 radical (unpaired) electrons. The lowest BCUT2D eigenvalue weighted by Crippen LogP contribution is -2.49. The van der Waals surface area contributed by atoms with Crippen LogP contribution in [-0.2, 0) is 16.6 Å². The Bertz CT molecular complexity index is 1170. The zero-order valence-electron chi connectivity index (χ0n) is 21.2. The highest BCUT2D eigenvalue weighted by Crippen LogP contribution is 2.23. The van der Waals surface area contributed by atoms with E-state index in [9.17, 15) is 9.59 Å². The van der Waals surface area contributed by atoms with Crippen LogP contribution in [-0.4, -0.2) is 42.9 Å². The number of carbonyl (C=O) groups excluding carboxylic acids is 2. The van der Waals surface area contributed by atoms with Crippen molar-refractivity contribution in [3.05, 3.63) is 95.1 Å². The summed E-state index contributed by atoms with van der Waals surface area (Å²) in [6.07, 6.45) is 0.453. The number of hydrogen-bond donors (Lipinski definition) is 1. The summed E-state index contributed by atoms with van der Waals surface area (Å²) >= 11 is 0. The first-order valence-corrected chi connectivity index (χ1v) is 12.3. The van der Waals surface area contributed by atoms with Gasteiger partial charge in [0.25, 0.3) is 5.91 Å². The van der Waals surface area contributed by atoms with Crippen molar-refractivity contribution in [1.29, 1.82) is 0 Å². The molecule has 3 aromatic carbocycles. The molecule has 1 saturated heterocycles. The standard InChI is InChI=1S/C30H35N3O2/c1-22-6-5-7-23(20-22)21-28(34)33-18-16-32(17-19-33)27-14-12-26(13-15-27)31-29(35)24-8-10-25(11-9-24)30(2,3)4/h5-15,20H,16-19,21H2,1-4H3,(H,31,35). The fourth-order valence-electron chi connectivity index (χ4n) is 4.40. The normalized spacial score (nSPS) is 14.1. The Labute approximate surface area is 208 Å². The molecule has 1 aliphatic rings. The summed E-state index contributed by atoms with van der Waals surface area (Å²) in [7, 11) is 0. The molecular formula is C30H35N3O2. The second-order valence-corrected chi connectivity index (χ2v) is 10.4. The van der Waals surface area contributed by atoms with Crippen molar-refractivity contribution in [2.45, 2.75) is 39.5 Å². The fourth-order valence-corrected chi connectivity index (χ4v) is 4.40. The van der Waals surface area contributed by atoms with Crippen LogP contribution in [0.2, 0.25) is 0 Å². The topological polar surface area (TPSA) is 52.7 Å². The summed E-state index contributed by atoms with van der Waals surface area (Å²) in [5.74, 6) is 0.0720. The van der Waals surface area contributed by atoms with E-state index in [1.807, 2.05) is 78.6 Å². The van der Waals surface area contributed by atoms with Crippen LogP contribution in [0, 0.1) is 6.92 Å². The van der Waals surface area contributed by atoms with Gasteiger partial charge >= 0.3 is 0 Å². The number of nitrogens with zero attached hydrogens (tertiary/aromatic N) is 2. The van der Waals surface area contributed by atoms with E-state index in [1.54, 1.807) is 0 Å². The van der Waals surface area contributed by atoms with Gasteiger partial charge in [0.15, 0.2) is 0 Å². The summed E-state index contributed by atoms with van der Waals surface area (Å²) in [4.78, 5) is 29.6. The van der Waals surface area contributed by atoms with E-state index in [4.69, 9.17) is 0 Å². The zero-order valence-corrected chi connectivity index (χ0v) is 21.2. The molecular weight excluding hydrogens is 434 g/mol. The molecule has 1 aliphatic heterocycles. The van der Waals surface area contributed by atoms with E-state index in [0.29, 0.717) is 25.1 Å². The number of nitrogens with one attached hydrogen (secondary N) is 1. The number of piperazine rings is 1. The average Bonchev–Trinajstić information content (AvgIpc) is 2.84. The molecule has 4 rings (SSSR count). The maximum absolute atomic E-state index is 12.7. The van der Waals surface area contributed by atoms with Crippen LogP contribution in [0.5, 0.6) is 0 Å². The van der Waals surface area contributed by atoms with Crippen molar-refractivity contribution >= 4 is 23.2 Å². The molecule has 0 unspecified atom stereocenters. The third kappa shape index (κ3) is 6.30. The van der Waals surface area contributed by atoms with Gasteiger partial charge in [0.05, 0.1) is 6.42 Å². The lowest BCUT2D eigenvalue weighted by Gasteiger charge is -2.36. The summed E-state index contributed by atoms with van der Waals surface area (Å²) in [5.41, 5.74) is 6.03. The van der Waals surface area contributed by atoms with Crippen LogP contribution in [0.4, 0.5) is 11.4 Å². The lowest BCUT2D eigenvalue weighted by molar-refractivity contribution is -0.130. The first kappa shape index (κ1) is 24.5. The van der Waals surface area contributed by atoms with Gasteiger partial charge in [0.1, 0.15) is 0 Å². The Morgan fingerprint density at radius 1 is 0.857 bits per heavy atom. The van der Waals surface area contributed by atoms with E-state index in [2.05, 4.69) is 37.1 Å². The second kappa shape index (κ2) is 10.3. The first-order valence-electron chi connectivity index (χ1n) is 12.3. The number of aryl methyl sites for hydroxylation is 1. The number of carbonyl (C=O) groups is 2. The zero-order chi connectivity index (χ0) is 25.0. The van der Waals surface area contributed by atoms with Crippen molar-refractivity contribution in [2.75, 3.05) is 36.4 Å². The minimum Gasteiger partial charge on any atom is -0.368 e. The van der Waals surface area contributed by atoms with E-state index in [-0.39, 0.29) is 17.2 Å². The van der Waals surface area contributed by atoms with Crippen molar-refractivity contribution in [1.82, 2.24) is 4.90 Å². The molecule has 5 heteroatoms. The lowest BCUT2D eigenvalue weighted by atomic mass is 9.87. The maximum Gasteiger partial charge on any atom is 0.255 e. The molecule has 0 aliphatic carbocycles. The number of rotatable bonds is 5. The number of hydrogen-bond acceptors (Lipinski definition) is 3. The highest BCUT2D eigenvalue weighted by atomic mass is 16.2. The smallest absolute Gasteiger partial charge is 0.255 e. The first-order chi connectivity index (χ1) is 16.7. The molecule has 1 heterocycles. The van der Waals surface area contributed by atoms with E-state index >= 15 is 0 Å². The number of anilines is 2. The van der Waals surface area contributed by atoms with Crippen LogP contribution >= 0.6 is 0 Å². The van der Waals surface area contributed by atoms with Gasteiger partial charge in [-0.3, -0.25) is 9.59 Å². The summed E-state index contributed by atoms with van der Waals surface area (Å²) in [6, 6.07) is 23.9. The predicted molar refractivity (Wildman–Crippen MR) is 143 cm³/mol. The minimum absolute atomic E-state index is 0.0601. The maximum atomic E-state index is 12.7. The SMILES string of the molecule is Cc1cccc(CC(=O)N2CCN(c3ccc(NC(=O)c4ccc(C(C)(C)C)cc4)cc3)CC2)c1. The molecule has 3 aromatic rings. The van der Waals surface area contributed by atoms with Crippen LogP contribution in [0.25, 0.3) is 0 Å². The molecule has 0 saturated carbocycles.